The van der Waals surface area contributed by atoms with Crippen LogP contribution in [0.2, 0.25) is 0 Å². The molecule has 1 heterocycles. The van der Waals surface area contributed by atoms with Crippen molar-refractivity contribution in [1.29, 1.82) is 0 Å². The van der Waals surface area contributed by atoms with Crippen LogP contribution in [-0.4, -0.2) is 37.3 Å². The second kappa shape index (κ2) is 9.26. The molecule has 1 saturated heterocycles. The number of nitrogens with zero attached hydrogens (tertiary/aromatic N) is 1. The first-order chi connectivity index (χ1) is 9.02. The molecule has 5 heteroatoms. The van der Waals surface area contributed by atoms with Crippen LogP contribution in [0.4, 0.5) is 0 Å². The number of piperazine rings is 1. The zero-order valence-corrected chi connectivity index (χ0v) is 15.8. The van der Waals surface area contributed by atoms with E-state index in [0.717, 1.165) is 26.2 Å². The monoisotopic (exact) mass is 350 g/mol. The minimum atomic E-state index is 0. The van der Waals surface area contributed by atoms with Crippen molar-refractivity contribution in [2.24, 2.45) is 5.41 Å². The second-order valence-corrected chi connectivity index (χ2v) is 7.21. The Morgan fingerprint density at radius 2 is 1.57 bits per heavy atom. The summed E-state index contributed by atoms with van der Waals surface area (Å²) >= 11 is 1.81. The molecule has 122 valence electrons. The first kappa shape index (κ1) is 21.1. The van der Waals surface area contributed by atoms with E-state index in [1.807, 2.05) is 11.8 Å². The third kappa shape index (κ3) is 5.65. The molecule has 2 rings (SSSR count). The van der Waals surface area contributed by atoms with Gasteiger partial charge in [0.25, 0.3) is 0 Å². The smallest absolute Gasteiger partial charge is 0.0397 e. The molecule has 1 atom stereocenters. The van der Waals surface area contributed by atoms with Crippen LogP contribution >= 0.6 is 36.6 Å². The van der Waals surface area contributed by atoms with Crippen LogP contribution in [0.25, 0.3) is 0 Å². The molecular weight excluding hydrogens is 323 g/mol. The van der Waals surface area contributed by atoms with Gasteiger partial charge in [-0.15, -0.1) is 36.6 Å². The summed E-state index contributed by atoms with van der Waals surface area (Å²) in [5.41, 5.74) is 1.71. The van der Waals surface area contributed by atoms with Gasteiger partial charge in [0, 0.05) is 37.1 Å². The zero-order chi connectivity index (χ0) is 13.9. The molecule has 1 aromatic rings. The van der Waals surface area contributed by atoms with Crippen molar-refractivity contribution in [3.05, 3.63) is 29.8 Å². The average molecular weight is 351 g/mol. The first-order valence-corrected chi connectivity index (χ1v) is 8.33. The summed E-state index contributed by atoms with van der Waals surface area (Å²) in [6, 6.07) is 9.63. The lowest BCUT2D eigenvalue weighted by molar-refractivity contribution is 0.0862. The van der Waals surface area contributed by atoms with E-state index in [4.69, 9.17) is 0 Å². The van der Waals surface area contributed by atoms with Crippen LogP contribution in [0.15, 0.2) is 29.2 Å². The molecular formula is C16H28Cl2N2S. The Balaban J connectivity index is 0.00000200. The summed E-state index contributed by atoms with van der Waals surface area (Å²) in [5.74, 6) is 0. The largest absolute Gasteiger partial charge is 0.314 e. The van der Waals surface area contributed by atoms with Crippen molar-refractivity contribution in [3.8, 4) is 0 Å². The molecule has 0 aromatic heterocycles. The second-order valence-electron chi connectivity index (χ2n) is 6.33. The van der Waals surface area contributed by atoms with Gasteiger partial charge in [0.15, 0.2) is 0 Å². The van der Waals surface area contributed by atoms with Crippen molar-refractivity contribution in [2.45, 2.75) is 31.7 Å². The Kier molecular flexibility index (Phi) is 9.29. The van der Waals surface area contributed by atoms with Crippen molar-refractivity contribution < 1.29 is 0 Å². The van der Waals surface area contributed by atoms with Crippen molar-refractivity contribution in [1.82, 2.24) is 10.2 Å². The molecule has 1 aliphatic rings. The van der Waals surface area contributed by atoms with E-state index in [9.17, 15) is 0 Å². The summed E-state index contributed by atoms with van der Waals surface area (Å²) in [6.45, 7) is 11.6. The van der Waals surface area contributed by atoms with Crippen LogP contribution in [0.5, 0.6) is 0 Å². The van der Waals surface area contributed by atoms with Gasteiger partial charge in [0.1, 0.15) is 0 Å². The van der Waals surface area contributed by atoms with E-state index < -0.39 is 0 Å². The molecule has 2 nitrogen and oxygen atoms in total. The first-order valence-electron chi connectivity index (χ1n) is 7.11. The Labute approximate surface area is 146 Å². The van der Waals surface area contributed by atoms with Gasteiger partial charge >= 0.3 is 0 Å². The molecule has 0 radical (unpaired) electrons. The van der Waals surface area contributed by atoms with Crippen LogP contribution in [0.1, 0.15) is 32.4 Å². The lowest BCUT2D eigenvalue weighted by Crippen LogP contribution is -2.48. The van der Waals surface area contributed by atoms with Crippen LogP contribution in [-0.2, 0) is 0 Å². The topological polar surface area (TPSA) is 15.3 Å². The fraction of sp³-hybridized carbons (Fsp3) is 0.625. The highest BCUT2D eigenvalue weighted by atomic mass is 35.5. The molecule has 0 amide bonds. The molecule has 0 unspecified atom stereocenters. The molecule has 21 heavy (non-hydrogen) atoms. The van der Waals surface area contributed by atoms with Gasteiger partial charge in [-0.1, -0.05) is 32.9 Å². The van der Waals surface area contributed by atoms with Crippen LogP contribution < -0.4 is 5.32 Å². The highest BCUT2D eigenvalue weighted by Gasteiger charge is 2.32. The fourth-order valence-corrected chi connectivity index (χ4v) is 3.39. The minimum absolute atomic E-state index is 0. The highest BCUT2D eigenvalue weighted by molar-refractivity contribution is 7.98. The summed E-state index contributed by atoms with van der Waals surface area (Å²) in [5, 5.41) is 3.45. The molecule has 0 saturated carbocycles. The standard InChI is InChI=1S/C16H26N2S.2ClH/c1-16(2,3)15(18-11-9-17-10-12-18)13-5-7-14(19-4)8-6-13;;/h5-8,15,17H,9-12H2,1-4H3;2*1H/t15-;;/m0../s1. The molecule has 1 fully saturated rings. The van der Waals surface area contributed by atoms with Gasteiger partial charge in [-0.25, -0.2) is 0 Å². The van der Waals surface area contributed by atoms with Crippen LogP contribution in [0, 0.1) is 5.41 Å². The normalized spacial score (nSPS) is 17.5. The van der Waals surface area contributed by atoms with Crippen LogP contribution in [0.3, 0.4) is 0 Å². The van der Waals surface area contributed by atoms with E-state index >= 15 is 0 Å². The maximum absolute atomic E-state index is 3.45. The Hall–Kier alpha value is 0.0700. The van der Waals surface area contributed by atoms with Gasteiger partial charge < -0.3 is 5.32 Å². The van der Waals surface area contributed by atoms with E-state index in [1.165, 1.54) is 10.5 Å². The molecule has 0 spiro atoms. The maximum Gasteiger partial charge on any atom is 0.0397 e. The predicted octanol–water partition coefficient (Wildman–Crippen LogP) is 4.24. The molecule has 0 aliphatic carbocycles. The van der Waals surface area contributed by atoms with Gasteiger partial charge in [0.2, 0.25) is 0 Å². The van der Waals surface area contributed by atoms with Crippen molar-refractivity contribution in [2.75, 3.05) is 32.4 Å². The molecule has 0 bridgehead atoms. The summed E-state index contributed by atoms with van der Waals surface area (Å²) < 4.78 is 0. The highest BCUT2D eigenvalue weighted by Crippen LogP contribution is 2.38. The van der Waals surface area contributed by atoms with Gasteiger partial charge in [0.05, 0.1) is 0 Å². The summed E-state index contributed by atoms with van der Waals surface area (Å²) in [7, 11) is 0. The molecule has 1 aliphatic heterocycles. The number of thioether (sulfide) groups is 1. The van der Waals surface area contributed by atoms with Gasteiger partial charge in [-0.3, -0.25) is 4.90 Å². The van der Waals surface area contributed by atoms with E-state index in [-0.39, 0.29) is 30.2 Å². The Bertz CT molecular complexity index is 398. The van der Waals surface area contributed by atoms with Gasteiger partial charge in [-0.05, 0) is 29.4 Å². The third-order valence-electron chi connectivity index (χ3n) is 3.77. The number of halogens is 2. The summed E-state index contributed by atoms with van der Waals surface area (Å²) in [6.07, 6.45) is 2.13. The van der Waals surface area contributed by atoms with Gasteiger partial charge in [-0.2, -0.15) is 0 Å². The Morgan fingerprint density at radius 3 is 2.00 bits per heavy atom. The number of hydrogen-bond donors (Lipinski definition) is 1. The van der Waals surface area contributed by atoms with E-state index in [2.05, 4.69) is 61.5 Å². The SMILES string of the molecule is CSc1ccc([C@H](N2CCNCC2)C(C)(C)C)cc1.Cl.Cl. The van der Waals surface area contributed by atoms with E-state index in [1.54, 1.807) is 0 Å². The van der Waals surface area contributed by atoms with E-state index in [0.29, 0.717) is 6.04 Å². The van der Waals surface area contributed by atoms with Crippen molar-refractivity contribution >= 4 is 36.6 Å². The quantitative estimate of drug-likeness (QED) is 0.820. The van der Waals surface area contributed by atoms with Crippen molar-refractivity contribution in [3.63, 3.8) is 0 Å². The third-order valence-corrected chi connectivity index (χ3v) is 4.51. The summed E-state index contributed by atoms with van der Waals surface area (Å²) in [4.78, 5) is 3.97. The maximum atomic E-state index is 3.45. The lowest BCUT2D eigenvalue weighted by Gasteiger charge is -2.42. The lowest BCUT2D eigenvalue weighted by atomic mass is 9.81. The molecule has 1 N–H and O–H groups in total. The number of hydrogen-bond acceptors (Lipinski definition) is 3. The number of benzene rings is 1. The minimum Gasteiger partial charge on any atom is -0.314 e. The zero-order valence-electron chi connectivity index (χ0n) is 13.4. The Morgan fingerprint density at radius 1 is 1.05 bits per heavy atom. The average Bonchev–Trinajstić information content (AvgIpc) is 2.39. The molecule has 1 aromatic carbocycles. The number of rotatable bonds is 3. The number of nitrogens with one attached hydrogen (secondary N) is 1. The predicted molar refractivity (Wildman–Crippen MR) is 99.4 cm³/mol. The fourth-order valence-electron chi connectivity index (χ4n) is 2.99.